The van der Waals surface area contributed by atoms with Crippen molar-refractivity contribution in [1.82, 2.24) is 0 Å². The van der Waals surface area contributed by atoms with Crippen LogP contribution in [-0.4, -0.2) is 0 Å². The van der Waals surface area contributed by atoms with E-state index in [1.807, 2.05) is 0 Å². The number of unbranched alkanes of at least 4 members (excludes halogenated alkanes) is 1. The molecular weight excluding hydrogens is 348 g/mol. The summed E-state index contributed by atoms with van der Waals surface area (Å²) in [6, 6.07) is 0. The lowest BCUT2D eigenvalue weighted by atomic mass is 9.56. The Morgan fingerprint density at radius 2 is 1.52 bits per heavy atom. The van der Waals surface area contributed by atoms with Crippen LogP contribution < -0.4 is 0 Å². The van der Waals surface area contributed by atoms with E-state index in [4.69, 9.17) is 0 Å². The van der Waals surface area contributed by atoms with E-state index < -0.39 is 0 Å². The van der Waals surface area contributed by atoms with E-state index in [-0.39, 0.29) is 0 Å². The van der Waals surface area contributed by atoms with Gasteiger partial charge in [0, 0.05) is 0 Å². The Bertz CT molecular complexity index is 563. The van der Waals surface area contributed by atoms with Gasteiger partial charge < -0.3 is 0 Å². The van der Waals surface area contributed by atoms with Crippen LogP contribution in [-0.2, 0) is 0 Å². The minimum Gasteiger partial charge on any atom is -0.0845 e. The van der Waals surface area contributed by atoms with Crippen LogP contribution in [0.5, 0.6) is 0 Å². The van der Waals surface area contributed by atoms with E-state index in [1.165, 1.54) is 44.9 Å². The largest absolute Gasteiger partial charge is 0.0845 e. The number of hydrogen-bond acceptors (Lipinski definition) is 0. The predicted molar refractivity (Wildman–Crippen MR) is 133 cm³/mol. The summed E-state index contributed by atoms with van der Waals surface area (Å²) in [5.41, 5.74) is 6.56. The molecule has 1 saturated carbocycles. The summed E-state index contributed by atoms with van der Waals surface area (Å²) < 4.78 is 0. The van der Waals surface area contributed by atoms with Gasteiger partial charge in [-0.2, -0.15) is 0 Å². The number of hydrogen-bond donors (Lipinski definition) is 0. The van der Waals surface area contributed by atoms with Crippen LogP contribution in [0, 0.1) is 35.5 Å². The summed E-state index contributed by atoms with van der Waals surface area (Å²) in [5, 5.41) is 0. The van der Waals surface area contributed by atoms with Crippen molar-refractivity contribution in [2.45, 2.75) is 114 Å². The second kappa shape index (κ2) is 12.8. The fraction of sp³-hybridized carbons (Fsp3) is 0.793. The highest BCUT2D eigenvalue weighted by atomic mass is 14.5. The third kappa shape index (κ3) is 7.15. The maximum atomic E-state index is 2.66. The summed E-state index contributed by atoms with van der Waals surface area (Å²) in [5.74, 6) is 4.69. The SMILES string of the molecule is CCCC(C)C(=CCCCC(C)=C(C)CC)C(C=C(C)C1C(C)C(C)C1C)CC. The lowest BCUT2D eigenvalue weighted by Gasteiger charge is -2.49. The van der Waals surface area contributed by atoms with E-state index >= 15 is 0 Å². The van der Waals surface area contributed by atoms with Crippen molar-refractivity contribution in [3.8, 4) is 0 Å². The Labute approximate surface area is 184 Å². The van der Waals surface area contributed by atoms with Gasteiger partial charge in [0.25, 0.3) is 0 Å². The highest BCUT2D eigenvalue weighted by Crippen LogP contribution is 2.49. The second-order valence-electron chi connectivity index (χ2n) is 10.2. The van der Waals surface area contributed by atoms with Gasteiger partial charge in [-0.1, -0.05) is 89.3 Å². The third-order valence-electron chi connectivity index (χ3n) is 8.33. The molecule has 0 aromatic carbocycles. The van der Waals surface area contributed by atoms with Crippen molar-refractivity contribution in [1.29, 1.82) is 0 Å². The molecule has 0 saturated heterocycles. The predicted octanol–water partition coefficient (Wildman–Crippen LogP) is 9.78. The molecule has 0 aliphatic heterocycles. The van der Waals surface area contributed by atoms with E-state index in [9.17, 15) is 0 Å². The molecule has 29 heavy (non-hydrogen) atoms. The Morgan fingerprint density at radius 1 is 0.897 bits per heavy atom. The fourth-order valence-corrected chi connectivity index (χ4v) is 5.64. The average Bonchev–Trinajstić information content (AvgIpc) is 2.71. The third-order valence-corrected chi connectivity index (χ3v) is 8.33. The molecule has 0 N–H and O–H groups in total. The molecule has 0 aromatic rings. The molecule has 0 nitrogen and oxygen atoms in total. The highest BCUT2D eigenvalue weighted by Gasteiger charge is 2.42. The summed E-state index contributed by atoms with van der Waals surface area (Å²) in [6.45, 7) is 23.8. The number of allylic oxidation sites excluding steroid dienone is 6. The molecule has 0 bridgehead atoms. The molecule has 168 valence electrons. The zero-order valence-electron chi connectivity index (χ0n) is 21.6. The van der Waals surface area contributed by atoms with Crippen molar-refractivity contribution >= 4 is 0 Å². The first-order valence-electron chi connectivity index (χ1n) is 12.7. The maximum absolute atomic E-state index is 2.66. The minimum absolute atomic E-state index is 0.626. The first-order chi connectivity index (χ1) is 13.7. The topological polar surface area (TPSA) is 0 Å². The quantitative estimate of drug-likeness (QED) is 0.226. The van der Waals surface area contributed by atoms with Crippen LogP contribution in [0.15, 0.2) is 34.4 Å². The molecule has 0 spiro atoms. The van der Waals surface area contributed by atoms with Gasteiger partial charge in [-0.3, -0.25) is 0 Å². The molecule has 1 aliphatic rings. The van der Waals surface area contributed by atoms with Crippen LogP contribution in [0.3, 0.4) is 0 Å². The lowest BCUT2D eigenvalue weighted by Crippen LogP contribution is -2.42. The van der Waals surface area contributed by atoms with Crippen molar-refractivity contribution in [2.75, 3.05) is 0 Å². The zero-order chi connectivity index (χ0) is 22.1. The van der Waals surface area contributed by atoms with Gasteiger partial charge in [-0.05, 0) is 94.8 Å². The van der Waals surface area contributed by atoms with Gasteiger partial charge >= 0.3 is 0 Å². The van der Waals surface area contributed by atoms with Gasteiger partial charge in [-0.15, -0.1) is 0 Å². The fourth-order valence-electron chi connectivity index (χ4n) is 5.64. The Hall–Kier alpha value is -0.780. The van der Waals surface area contributed by atoms with Crippen molar-refractivity contribution < 1.29 is 0 Å². The summed E-state index contributed by atoms with van der Waals surface area (Å²) in [4.78, 5) is 0. The zero-order valence-corrected chi connectivity index (χ0v) is 21.6. The molecule has 1 fully saturated rings. The van der Waals surface area contributed by atoms with Gasteiger partial charge in [-0.25, -0.2) is 0 Å². The lowest BCUT2D eigenvalue weighted by molar-refractivity contribution is 0.0429. The molecular formula is C29H52. The summed E-state index contributed by atoms with van der Waals surface area (Å²) >= 11 is 0. The second-order valence-corrected chi connectivity index (χ2v) is 10.2. The first kappa shape index (κ1) is 26.3. The van der Waals surface area contributed by atoms with Gasteiger partial charge in [0.05, 0.1) is 0 Å². The molecule has 4 unspecified atom stereocenters. The summed E-state index contributed by atoms with van der Waals surface area (Å²) in [6.07, 6.45) is 14.1. The molecule has 0 heteroatoms. The van der Waals surface area contributed by atoms with Crippen molar-refractivity contribution in [3.63, 3.8) is 0 Å². The molecule has 0 heterocycles. The standard InChI is InChI=1S/C29H52/c1-11-16-22(6)28(18-15-14-17-21(5)20(4)12-2)27(13-3)19-23(7)29-25(9)24(8)26(29)10/h18-19,22,24-27,29H,11-17H2,1-10H3. The number of rotatable bonds is 12. The monoisotopic (exact) mass is 400 g/mol. The first-order valence-corrected chi connectivity index (χ1v) is 12.7. The van der Waals surface area contributed by atoms with Gasteiger partial charge in [0.15, 0.2) is 0 Å². The van der Waals surface area contributed by atoms with Crippen LogP contribution in [0.1, 0.15) is 114 Å². The molecule has 0 radical (unpaired) electrons. The molecule has 0 aromatic heterocycles. The normalized spacial score (nSPS) is 28.6. The Kier molecular flexibility index (Phi) is 11.6. The van der Waals surface area contributed by atoms with Gasteiger partial charge in [0.2, 0.25) is 0 Å². The minimum atomic E-state index is 0.626. The van der Waals surface area contributed by atoms with Crippen molar-refractivity contribution in [2.24, 2.45) is 35.5 Å². The summed E-state index contributed by atoms with van der Waals surface area (Å²) in [7, 11) is 0. The van der Waals surface area contributed by atoms with E-state index in [0.717, 1.165) is 23.7 Å². The molecule has 4 atom stereocenters. The Balaban J connectivity index is 2.94. The van der Waals surface area contributed by atoms with Crippen LogP contribution in [0.2, 0.25) is 0 Å². The Morgan fingerprint density at radius 3 is 2.03 bits per heavy atom. The van der Waals surface area contributed by atoms with Crippen LogP contribution >= 0.6 is 0 Å². The molecule has 0 amide bonds. The average molecular weight is 401 g/mol. The van der Waals surface area contributed by atoms with Crippen molar-refractivity contribution in [3.05, 3.63) is 34.4 Å². The maximum Gasteiger partial charge on any atom is -0.00206 e. The highest BCUT2D eigenvalue weighted by molar-refractivity contribution is 5.22. The molecule has 1 aliphatic carbocycles. The van der Waals surface area contributed by atoms with Crippen LogP contribution in [0.4, 0.5) is 0 Å². The smallest absolute Gasteiger partial charge is 0.00206 e. The van der Waals surface area contributed by atoms with E-state index in [2.05, 4.69) is 81.4 Å². The van der Waals surface area contributed by atoms with Crippen LogP contribution in [0.25, 0.3) is 0 Å². The van der Waals surface area contributed by atoms with Gasteiger partial charge in [0.1, 0.15) is 0 Å². The molecule has 1 rings (SSSR count). The van der Waals surface area contributed by atoms with E-state index in [0.29, 0.717) is 11.8 Å². The van der Waals surface area contributed by atoms with E-state index in [1.54, 1.807) is 22.3 Å².